The number of aliphatic carboxylic acids is 1. The Morgan fingerprint density at radius 1 is 1.48 bits per heavy atom. The van der Waals surface area contributed by atoms with Crippen molar-refractivity contribution < 1.29 is 33.7 Å². The molecule has 2 rings (SSSR count). The molecule has 0 saturated carbocycles. The van der Waals surface area contributed by atoms with Crippen molar-refractivity contribution in [2.75, 3.05) is 18.5 Å². The number of hydrogen-bond donors (Lipinski definition) is 2. The molecule has 2 heterocycles. The van der Waals surface area contributed by atoms with Gasteiger partial charge in [-0.15, -0.1) is 11.3 Å². The summed E-state index contributed by atoms with van der Waals surface area (Å²) in [6, 6.07) is 0. The fourth-order valence-corrected chi connectivity index (χ4v) is 2.74. The summed E-state index contributed by atoms with van der Waals surface area (Å²) in [5.74, 6) is -2.02. The van der Waals surface area contributed by atoms with Crippen LogP contribution in [0.5, 0.6) is 0 Å². The number of nitrogens with one attached hydrogen (secondary N) is 1. The molecule has 0 spiro atoms. The zero-order chi connectivity index (χ0) is 20.2. The zero-order valence-electron chi connectivity index (χ0n) is 15.8. The summed E-state index contributed by atoms with van der Waals surface area (Å²) in [4.78, 5) is 32.3. The van der Waals surface area contributed by atoms with Gasteiger partial charge in [-0.05, 0) is 34.6 Å². The Balaban J connectivity index is 1.97. The molecule has 0 radical (unpaired) electrons. The van der Waals surface area contributed by atoms with Crippen molar-refractivity contribution in [1.29, 1.82) is 0 Å². The van der Waals surface area contributed by atoms with E-state index in [0.29, 0.717) is 6.61 Å². The SMILES string of the molecule is CC(C)(C)OC(=O)Nc1nc(/C(=N/OC[C@@H]2COC(C)(C)O2)C(=O)O)cs1. The van der Waals surface area contributed by atoms with E-state index in [1.165, 1.54) is 5.38 Å². The van der Waals surface area contributed by atoms with E-state index in [4.69, 9.17) is 19.0 Å². The number of hydrogen-bond acceptors (Lipinski definition) is 9. The van der Waals surface area contributed by atoms with Gasteiger partial charge in [0.1, 0.15) is 24.0 Å². The van der Waals surface area contributed by atoms with Crippen LogP contribution in [0, 0.1) is 0 Å². The van der Waals surface area contributed by atoms with Crippen molar-refractivity contribution >= 4 is 34.2 Å². The normalized spacial score (nSPS) is 19.6. The van der Waals surface area contributed by atoms with E-state index in [2.05, 4.69) is 15.5 Å². The number of carboxylic acids is 1. The summed E-state index contributed by atoms with van der Waals surface area (Å²) >= 11 is 1.04. The molecule has 10 nitrogen and oxygen atoms in total. The van der Waals surface area contributed by atoms with Gasteiger partial charge in [-0.3, -0.25) is 5.32 Å². The Morgan fingerprint density at radius 2 is 2.19 bits per heavy atom. The lowest BCUT2D eigenvalue weighted by Crippen LogP contribution is -2.27. The highest BCUT2D eigenvalue weighted by molar-refractivity contribution is 7.14. The highest BCUT2D eigenvalue weighted by atomic mass is 32.1. The third-order valence-electron chi connectivity index (χ3n) is 3.04. The van der Waals surface area contributed by atoms with Gasteiger partial charge in [0.2, 0.25) is 5.71 Å². The monoisotopic (exact) mass is 401 g/mol. The van der Waals surface area contributed by atoms with Gasteiger partial charge >= 0.3 is 12.1 Å². The number of rotatable bonds is 6. The van der Waals surface area contributed by atoms with Crippen molar-refractivity contribution in [1.82, 2.24) is 4.98 Å². The molecule has 1 aliphatic heterocycles. The Morgan fingerprint density at radius 3 is 2.74 bits per heavy atom. The molecule has 0 aromatic carbocycles. The molecule has 0 bridgehead atoms. The molecule has 1 atom stereocenters. The van der Waals surface area contributed by atoms with Crippen LogP contribution in [0.4, 0.5) is 9.93 Å². The minimum Gasteiger partial charge on any atom is -0.476 e. The van der Waals surface area contributed by atoms with Crippen molar-refractivity contribution in [3.63, 3.8) is 0 Å². The Hall–Kier alpha value is -2.24. The fraction of sp³-hybridized carbons (Fsp3) is 0.625. The molecule has 150 valence electrons. The molecule has 11 heteroatoms. The first kappa shape index (κ1) is 21.1. The largest absolute Gasteiger partial charge is 0.476 e. The first-order valence-corrected chi connectivity index (χ1v) is 9.04. The summed E-state index contributed by atoms with van der Waals surface area (Å²) < 4.78 is 16.1. The van der Waals surface area contributed by atoms with Crippen LogP contribution in [0.15, 0.2) is 10.5 Å². The average molecular weight is 401 g/mol. The van der Waals surface area contributed by atoms with Crippen LogP contribution in [0.3, 0.4) is 0 Å². The van der Waals surface area contributed by atoms with E-state index >= 15 is 0 Å². The van der Waals surface area contributed by atoms with Crippen LogP contribution in [0.1, 0.15) is 40.3 Å². The Labute approximate surface area is 160 Å². The predicted octanol–water partition coefficient (Wildman–Crippen LogP) is 2.45. The maximum atomic E-state index is 11.7. The smallest absolute Gasteiger partial charge is 0.413 e. The summed E-state index contributed by atoms with van der Waals surface area (Å²) in [5.41, 5.74) is -0.990. The molecule has 0 aliphatic carbocycles. The molecule has 0 unspecified atom stereocenters. The summed E-state index contributed by atoms with van der Waals surface area (Å²) in [6.45, 7) is 9.09. The number of carbonyl (C=O) groups is 2. The van der Waals surface area contributed by atoms with Crippen molar-refractivity contribution in [2.24, 2.45) is 5.16 Å². The number of thiazole rings is 1. The standard InChI is InChI=1S/C16H23N3O7S/c1-15(2,3)26-14(22)18-13-17-10(8-27-13)11(12(20)21)19-24-7-9-6-23-16(4,5)25-9/h8-9H,6-7H2,1-5H3,(H,20,21)(H,17,18,22)/b19-11-/t9-/m0/s1. The van der Waals surface area contributed by atoms with Crippen LogP contribution in [-0.4, -0.2) is 58.6 Å². The number of carboxylic acid groups (broad SMARTS) is 1. The Bertz CT molecular complexity index is 724. The molecule has 27 heavy (non-hydrogen) atoms. The lowest BCUT2D eigenvalue weighted by atomic mass is 10.2. The first-order chi connectivity index (χ1) is 12.5. The van der Waals surface area contributed by atoms with Crippen LogP contribution in [0.2, 0.25) is 0 Å². The van der Waals surface area contributed by atoms with Crippen molar-refractivity contribution in [3.05, 3.63) is 11.1 Å². The van der Waals surface area contributed by atoms with E-state index in [0.717, 1.165) is 11.3 Å². The number of amides is 1. The molecular formula is C16H23N3O7S. The number of carbonyl (C=O) groups excluding carboxylic acids is 1. The molecule has 1 aliphatic rings. The highest BCUT2D eigenvalue weighted by Crippen LogP contribution is 2.22. The van der Waals surface area contributed by atoms with E-state index < -0.39 is 23.5 Å². The van der Waals surface area contributed by atoms with Crippen LogP contribution in [-0.2, 0) is 23.8 Å². The lowest BCUT2D eigenvalue weighted by molar-refractivity contribution is -0.145. The minimum atomic E-state index is -1.31. The lowest BCUT2D eigenvalue weighted by Gasteiger charge is -2.18. The summed E-state index contributed by atoms with van der Waals surface area (Å²) in [6.07, 6.45) is -1.03. The molecule has 1 amide bonds. The van der Waals surface area contributed by atoms with Crippen LogP contribution in [0.25, 0.3) is 0 Å². The number of oxime groups is 1. The van der Waals surface area contributed by atoms with Crippen molar-refractivity contribution in [3.8, 4) is 0 Å². The van der Waals surface area contributed by atoms with Crippen LogP contribution >= 0.6 is 11.3 Å². The topological polar surface area (TPSA) is 129 Å². The third kappa shape index (κ3) is 6.77. The maximum Gasteiger partial charge on any atom is 0.413 e. The van der Waals surface area contributed by atoms with Gasteiger partial charge in [0, 0.05) is 5.38 Å². The van der Waals surface area contributed by atoms with Gasteiger partial charge in [0.05, 0.1) is 6.61 Å². The number of anilines is 1. The zero-order valence-corrected chi connectivity index (χ0v) is 16.6. The second-order valence-corrected chi connectivity index (χ2v) is 8.01. The van der Waals surface area contributed by atoms with E-state index in [1.807, 2.05) is 0 Å². The van der Waals surface area contributed by atoms with Gasteiger partial charge in [0.25, 0.3) is 0 Å². The molecule has 1 saturated heterocycles. The van der Waals surface area contributed by atoms with Gasteiger partial charge in [-0.2, -0.15) is 0 Å². The maximum absolute atomic E-state index is 11.7. The second-order valence-electron chi connectivity index (χ2n) is 7.16. The molecule has 1 fully saturated rings. The molecule has 1 aromatic heterocycles. The number of ether oxygens (including phenoxy) is 3. The van der Waals surface area contributed by atoms with Gasteiger partial charge in [0.15, 0.2) is 10.9 Å². The number of aromatic nitrogens is 1. The van der Waals surface area contributed by atoms with E-state index in [9.17, 15) is 14.7 Å². The van der Waals surface area contributed by atoms with Crippen molar-refractivity contribution in [2.45, 2.75) is 52.1 Å². The van der Waals surface area contributed by atoms with Gasteiger partial charge in [-0.1, -0.05) is 5.16 Å². The molecule has 2 N–H and O–H groups in total. The molecular weight excluding hydrogens is 378 g/mol. The third-order valence-corrected chi connectivity index (χ3v) is 3.80. The summed E-state index contributed by atoms with van der Waals surface area (Å²) in [5, 5.41) is 17.0. The fourth-order valence-electron chi connectivity index (χ4n) is 2.06. The van der Waals surface area contributed by atoms with Crippen LogP contribution < -0.4 is 5.32 Å². The minimum absolute atomic E-state index is 0.0351. The highest BCUT2D eigenvalue weighted by Gasteiger charge is 2.33. The quantitative estimate of drug-likeness (QED) is 0.549. The summed E-state index contributed by atoms with van der Waals surface area (Å²) in [7, 11) is 0. The predicted molar refractivity (Wildman–Crippen MR) is 97.0 cm³/mol. The molecule has 1 aromatic rings. The average Bonchev–Trinajstić information content (AvgIpc) is 3.07. The van der Waals surface area contributed by atoms with E-state index in [1.54, 1.807) is 34.6 Å². The van der Waals surface area contributed by atoms with Gasteiger partial charge < -0.3 is 24.2 Å². The van der Waals surface area contributed by atoms with E-state index in [-0.39, 0.29) is 29.2 Å². The Kier molecular flexibility index (Phi) is 6.39. The second kappa shape index (κ2) is 8.19. The van der Waals surface area contributed by atoms with Gasteiger partial charge in [-0.25, -0.2) is 14.6 Å². The first-order valence-electron chi connectivity index (χ1n) is 8.16. The number of nitrogens with zero attached hydrogens (tertiary/aromatic N) is 2.